The van der Waals surface area contributed by atoms with Gasteiger partial charge in [-0.25, -0.2) is 0 Å². The van der Waals surface area contributed by atoms with Crippen molar-refractivity contribution in [2.24, 2.45) is 23.5 Å². The molecule has 3 atom stereocenters. The minimum absolute atomic E-state index is 0.316. The fourth-order valence-corrected chi connectivity index (χ4v) is 3.68. The van der Waals surface area contributed by atoms with Crippen LogP contribution in [0, 0.1) is 17.8 Å². The third-order valence-corrected chi connectivity index (χ3v) is 4.73. The van der Waals surface area contributed by atoms with Crippen LogP contribution in [0.2, 0.25) is 0 Å². The van der Waals surface area contributed by atoms with Gasteiger partial charge in [-0.2, -0.15) is 0 Å². The molecular formula is C16H24BrN. The van der Waals surface area contributed by atoms with Crippen LogP contribution in [0.15, 0.2) is 28.7 Å². The predicted molar refractivity (Wildman–Crippen MR) is 81.5 cm³/mol. The van der Waals surface area contributed by atoms with E-state index >= 15 is 0 Å². The quantitative estimate of drug-likeness (QED) is 0.880. The van der Waals surface area contributed by atoms with Crippen LogP contribution in [0.1, 0.15) is 38.7 Å². The maximum Gasteiger partial charge on any atom is 0.0175 e. The van der Waals surface area contributed by atoms with Gasteiger partial charge in [0.15, 0.2) is 0 Å². The maximum absolute atomic E-state index is 6.43. The molecule has 1 aliphatic carbocycles. The van der Waals surface area contributed by atoms with Crippen molar-refractivity contribution >= 4 is 15.9 Å². The van der Waals surface area contributed by atoms with Crippen LogP contribution in [0.25, 0.3) is 0 Å². The lowest BCUT2D eigenvalue weighted by Gasteiger charge is -2.35. The van der Waals surface area contributed by atoms with Gasteiger partial charge in [-0.3, -0.25) is 0 Å². The van der Waals surface area contributed by atoms with Gasteiger partial charge in [0, 0.05) is 10.5 Å². The Labute approximate surface area is 119 Å². The van der Waals surface area contributed by atoms with Crippen LogP contribution in [0.5, 0.6) is 0 Å². The van der Waals surface area contributed by atoms with Gasteiger partial charge < -0.3 is 5.73 Å². The number of halogens is 1. The Balaban J connectivity index is 1.94. The summed E-state index contributed by atoms with van der Waals surface area (Å²) in [6.07, 6.45) is 5.00. The van der Waals surface area contributed by atoms with E-state index in [-0.39, 0.29) is 0 Å². The molecule has 2 N–H and O–H groups in total. The second kappa shape index (κ2) is 6.21. The van der Waals surface area contributed by atoms with Crippen LogP contribution >= 0.6 is 15.9 Å². The van der Waals surface area contributed by atoms with Gasteiger partial charge >= 0.3 is 0 Å². The maximum atomic E-state index is 6.43. The number of benzene rings is 1. The lowest BCUT2D eigenvalue weighted by Crippen LogP contribution is -2.37. The molecule has 0 radical (unpaired) electrons. The summed E-state index contributed by atoms with van der Waals surface area (Å²) in [6.45, 7) is 4.74. The molecule has 0 saturated heterocycles. The number of rotatable bonds is 3. The second-order valence-corrected chi connectivity index (χ2v) is 7.09. The fourth-order valence-electron chi connectivity index (χ4n) is 3.42. The Morgan fingerprint density at radius 3 is 2.22 bits per heavy atom. The molecule has 0 amide bonds. The fraction of sp³-hybridized carbons (Fsp3) is 0.625. The molecule has 18 heavy (non-hydrogen) atoms. The van der Waals surface area contributed by atoms with Gasteiger partial charge in [0.2, 0.25) is 0 Å². The largest absolute Gasteiger partial charge is 0.327 e. The molecule has 1 saturated carbocycles. The molecule has 2 rings (SSSR count). The first-order chi connectivity index (χ1) is 8.54. The standard InChI is InChI=1S/C16H24BrN/c1-11-7-12(2)9-14(8-11)16(18)10-13-3-5-15(17)6-4-13/h3-6,11-12,14,16H,7-10,18H2,1-2H3. The van der Waals surface area contributed by atoms with Crippen LogP contribution in [0.3, 0.4) is 0 Å². The van der Waals surface area contributed by atoms with E-state index in [2.05, 4.69) is 54.0 Å². The Hall–Kier alpha value is -0.340. The van der Waals surface area contributed by atoms with Gasteiger partial charge in [0.05, 0.1) is 0 Å². The van der Waals surface area contributed by atoms with E-state index in [1.165, 1.54) is 24.8 Å². The zero-order valence-electron chi connectivity index (χ0n) is 11.4. The van der Waals surface area contributed by atoms with Gasteiger partial charge in [0.25, 0.3) is 0 Å². The summed E-state index contributed by atoms with van der Waals surface area (Å²) in [5.74, 6) is 2.39. The Kier molecular flexibility index (Phi) is 4.85. The number of hydrogen-bond acceptors (Lipinski definition) is 1. The molecule has 3 unspecified atom stereocenters. The summed E-state index contributed by atoms with van der Waals surface area (Å²) in [5, 5.41) is 0. The first-order valence-electron chi connectivity index (χ1n) is 7.04. The molecule has 1 aliphatic rings. The van der Waals surface area contributed by atoms with Crippen molar-refractivity contribution in [2.75, 3.05) is 0 Å². The first-order valence-corrected chi connectivity index (χ1v) is 7.84. The highest BCUT2D eigenvalue weighted by molar-refractivity contribution is 9.10. The third kappa shape index (κ3) is 3.83. The van der Waals surface area contributed by atoms with Crippen molar-refractivity contribution in [1.29, 1.82) is 0 Å². The molecule has 1 fully saturated rings. The molecule has 1 nitrogen and oxygen atoms in total. The van der Waals surface area contributed by atoms with Crippen LogP contribution in [-0.2, 0) is 6.42 Å². The molecular weight excluding hydrogens is 286 g/mol. The van der Waals surface area contributed by atoms with Gasteiger partial charge in [-0.15, -0.1) is 0 Å². The SMILES string of the molecule is CC1CC(C)CC(C(N)Cc2ccc(Br)cc2)C1. The lowest BCUT2D eigenvalue weighted by molar-refractivity contribution is 0.192. The molecule has 1 aromatic rings. The van der Waals surface area contributed by atoms with Crippen LogP contribution in [0.4, 0.5) is 0 Å². The van der Waals surface area contributed by atoms with Crippen molar-refractivity contribution < 1.29 is 0 Å². The third-order valence-electron chi connectivity index (χ3n) is 4.21. The smallest absolute Gasteiger partial charge is 0.0175 e. The molecule has 2 heteroatoms. The Bertz CT molecular complexity index is 363. The summed E-state index contributed by atoms with van der Waals surface area (Å²) in [4.78, 5) is 0. The van der Waals surface area contributed by atoms with E-state index in [1.54, 1.807) is 0 Å². The van der Waals surface area contributed by atoms with Crippen LogP contribution in [-0.4, -0.2) is 6.04 Å². The van der Waals surface area contributed by atoms with E-state index in [1.807, 2.05) is 0 Å². The van der Waals surface area contributed by atoms with Gasteiger partial charge in [-0.05, 0) is 61.1 Å². The number of hydrogen-bond donors (Lipinski definition) is 1. The van der Waals surface area contributed by atoms with Gasteiger partial charge in [-0.1, -0.05) is 41.9 Å². The minimum atomic E-state index is 0.316. The summed E-state index contributed by atoms with van der Waals surface area (Å²) in [6, 6.07) is 8.89. The molecule has 0 spiro atoms. The highest BCUT2D eigenvalue weighted by Crippen LogP contribution is 2.34. The van der Waals surface area contributed by atoms with E-state index in [9.17, 15) is 0 Å². The van der Waals surface area contributed by atoms with E-state index in [0.29, 0.717) is 12.0 Å². The first kappa shape index (κ1) is 14.1. The van der Waals surface area contributed by atoms with Crippen molar-refractivity contribution in [3.8, 4) is 0 Å². The normalized spacial score (nSPS) is 30.1. The van der Waals surface area contributed by atoms with Crippen molar-refractivity contribution in [1.82, 2.24) is 0 Å². The summed E-state index contributed by atoms with van der Waals surface area (Å²) in [7, 11) is 0. The van der Waals surface area contributed by atoms with Crippen molar-refractivity contribution in [3.05, 3.63) is 34.3 Å². The molecule has 100 valence electrons. The average molecular weight is 310 g/mol. The second-order valence-electron chi connectivity index (χ2n) is 6.17. The van der Waals surface area contributed by atoms with Crippen molar-refractivity contribution in [3.63, 3.8) is 0 Å². The topological polar surface area (TPSA) is 26.0 Å². The monoisotopic (exact) mass is 309 g/mol. The lowest BCUT2D eigenvalue weighted by atomic mass is 9.73. The molecule has 0 heterocycles. The highest BCUT2D eigenvalue weighted by atomic mass is 79.9. The molecule has 1 aromatic carbocycles. The summed E-state index contributed by atoms with van der Waals surface area (Å²) in [5.41, 5.74) is 7.79. The molecule has 0 aromatic heterocycles. The number of nitrogens with two attached hydrogens (primary N) is 1. The predicted octanol–water partition coefficient (Wildman–Crippen LogP) is 4.39. The Morgan fingerprint density at radius 1 is 1.11 bits per heavy atom. The van der Waals surface area contributed by atoms with E-state index in [4.69, 9.17) is 5.73 Å². The van der Waals surface area contributed by atoms with Crippen LogP contribution < -0.4 is 5.73 Å². The Morgan fingerprint density at radius 2 is 1.67 bits per heavy atom. The van der Waals surface area contributed by atoms with Crippen molar-refractivity contribution in [2.45, 2.75) is 45.6 Å². The molecule has 0 bridgehead atoms. The summed E-state index contributed by atoms with van der Waals surface area (Å²) >= 11 is 3.47. The van der Waals surface area contributed by atoms with Gasteiger partial charge in [0.1, 0.15) is 0 Å². The average Bonchev–Trinajstić information content (AvgIpc) is 2.31. The van der Waals surface area contributed by atoms with E-state index in [0.717, 1.165) is 22.7 Å². The zero-order valence-corrected chi connectivity index (χ0v) is 13.0. The van der Waals surface area contributed by atoms with E-state index < -0.39 is 0 Å². The summed E-state index contributed by atoms with van der Waals surface area (Å²) < 4.78 is 1.14. The highest BCUT2D eigenvalue weighted by Gasteiger charge is 2.28. The zero-order chi connectivity index (χ0) is 13.1. The molecule has 0 aliphatic heterocycles. The minimum Gasteiger partial charge on any atom is -0.327 e.